The Hall–Kier alpha value is -0.570. The summed E-state index contributed by atoms with van der Waals surface area (Å²) in [5.41, 5.74) is 6.05. The molecule has 1 saturated heterocycles. The minimum Gasteiger partial charge on any atom is -0.339 e. The van der Waals surface area contributed by atoms with E-state index in [4.69, 9.17) is 5.73 Å². The molecule has 0 aromatic heterocycles. The van der Waals surface area contributed by atoms with E-state index in [1.807, 2.05) is 0 Å². The summed E-state index contributed by atoms with van der Waals surface area (Å²) in [6, 6.07) is 0.822. The summed E-state index contributed by atoms with van der Waals surface area (Å²) in [5.74, 6) is 1.46. The fraction of sp³-hybridized carbons (Fsp3) is 0.938. The van der Waals surface area contributed by atoms with Crippen LogP contribution < -0.4 is 5.73 Å². The molecule has 19 heavy (non-hydrogen) atoms. The van der Waals surface area contributed by atoms with Crippen molar-refractivity contribution >= 4 is 5.91 Å². The molecule has 2 saturated carbocycles. The van der Waals surface area contributed by atoms with Crippen molar-refractivity contribution in [3.8, 4) is 0 Å². The number of hydrogen-bond donors (Lipinski definition) is 1. The average Bonchev–Trinajstić information content (AvgIpc) is 2.46. The summed E-state index contributed by atoms with van der Waals surface area (Å²) in [4.78, 5) is 15.1. The third kappa shape index (κ3) is 2.81. The summed E-state index contributed by atoms with van der Waals surface area (Å²) < 4.78 is 0. The fourth-order valence-corrected chi connectivity index (χ4v) is 4.58. The van der Waals surface area contributed by atoms with Crippen molar-refractivity contribution in [2.75, 3.05) is 6.54 Å². The summed E-state index contributed by atoms with van der Waals surface area (Å²) >= 11 is 0. The van der Waals surface area contributed by atoms with Crippen LogP contribution in [0.2, 0.25) is 0 Å². The molecule has 1 amide bonds. The van der Waals surface area contributed by atoms with Crippen LogP contribution in [-0.2, 0) is 4.79 Å². The Labute approximate surface area is 116 Å². The molecule has 0 aromatic carbocycles. The first-order valence-corrected chi connectivity index (χ1v) is 8.32. The van der Waals surface area contributed by atoms with Crippen molar-refractivity contribution in [3.05, 3.63) is 0 Å². The van der Waals surface area contributed by atoms with Gasteiger partial charge in [0.2, 0.25) is 5.91 Å². The number of nitrogens with zero attached hydrogens (tertiary/aromatic N) is 1. The Morgan fingerprint density at radius 2 is 1.74 bits per heavy atom. The van der Waals surface area contributed by atoms with Gasteiger partial charge in [-0.05, 0) is 50.9 Å². The molecular formula is C16H28N2O. The molecule has 3 fully saturated rings. The molecule has 0 bridgehead atoms. The van der Waals surface area contributed by atoms with Gasteiger partial charge in [0.05, 0.1) is 0 Å². The lowest BCUT2D eigenvalue weighted by Gasteiger charge is -2.45. The lowest BCUT2D eigenvalue weighted by atomic mass is 9.77. The number of carbonyl (C=O) groups is 1. The van der Waals surface area contributed by atoms with Crippen molar-refractivity contribution in [3.63, 3.8) is 0 Å². The van der Waals surface area contributed by atoms with Crippen molar-refractivity contribution in [2.24, 2.45) is 17.6 Å². The Balaban J connectivity index is 1.67. The largest absolute Gasteiger partial charge is 0.339 e. The Morgan fingerprint density at radius 1 is 0.947 bits per heavy atom. The first kappa shape index (κ1) is 13.4. The SMILES string of the molecule is NC1CCCC(C(=O)N2CCCC3CCCCC32)C1. The van der Waals surface area contributed by atoms with Crippen LogP contribution in [0.3, 0.4) is 0 Å². The zero-order chi connectivity index (χ0) is 13.2. The Kier molecular flexibility index (Phi) is 4.11. The van der Waals surface area contributed by atoms with Crippen LogP contribution >= 0.6 is 0 Å². The quantitative estimate of drug-likeness (QED) is 0.791. The second-order valence-electron chi connectivity index (χ2n) is 6.91. The normalized spacial score (nSPS) is 39.7. The highest BCUT2D eigenvalue weighted by Crippen LogP contribution is 2.37. The number of hydrogen-bond acceptors (Lipinski definition) is 2. The smallest absolute Gasteiger partial charge is 0.225 e. The predicted molar refractivity (Wildman–Crippen MR) is 76.6 cm³/mol. The minimum atomic E-state index is 0.226. The van der Waals surface area contributed by atoms with E-state index in [0.717, 1.165) is 38.1 Å². The zero-order valence-electron chi connectivity index (χ0n) is 12.0. The van der Waals surface area contributed by atoms with E-state index in [-0.39, 0.29) is 12.0 Å². The molecule has 3 aliphatic rings. The maximum Gasteiger partial charge on any atom is 0.225 e. The number of carbonyl (C=O) groups excluding carboxylic acids is 1. The number of fused-ring (bicyclic) bond motifs is 1. The maximum atomic E-state index is 12.8. The highest BCUT2D eigenvalue weighted by atomic mass is 16.2. The van der Waals surface area contributed by atoms with Gasteiger partial charge in [0.25, 0.3) is 0 Å². The molecule has 3 heteroatoms. The average molecular weight is 264 g/mol. The van der Waals surface area contributed by atoms with Crippen LogP contribution in [0.4, 0.5) is 0 Å². The molecular weight excluding hydrogens is 236 g/mol. The molecule has 1 aliphatic heterocycles. The standard InChI is InChI=1S/C16H28N2O/c17-14-8-3-6-13(11-14)16(19)18-10-4-7-12-5-1-2-9-15(12)18/h12-15H,1-11,17H2. The topological polar surface area (TPSA) is 46.3 Å². The summed E-state index contributed by atoms with van der Waals surface area (Å²) in [7, 11) is 0. The highest BCUT2D eigenvalue weighted by Gasteiger charge is 2.38. The Morgan fingerprint density at radius 3 is 2.58 bits per heavy atom. The molecule has 0 spiro atoms. The first-order valence-electron chi connectivity index (χ1n) is 8.32. The van der Waals surface area contributed by atoms with Crippen LogP contribution in [0, 0.1) is 11.8 Å². The van der Waals surface area contributed by atoms with E-state index in [0.29, 0.717) is 11.9 Å². The molecule has 4 unspecified atom stereocenters. The van der Waals surface area contributed by atoms with Gasteiger partial charge in [-0.25, -0.2) is 0 Å². The molecule has 2 aliphatic carbocycles. The molecule has 3 rings (SSSR count). The van der Waals surface area contributed by atoms with Gasteiger partial charge in [-0.3, -0.25) is 4.79 Å². The lowest BCUT2D eigenvalue weighted by molar-refractivity contribution is -0.143. The van der Waals surface area contributed by atoms with Crippen molar-refractivity contribution < 1.29 is 4.79 Å². The second kappa shape index (κ2) is 5.82. The van der Waals surface area contributed by atoms with Gasteiger partial charge < -0.3 is 10.6 Å². The van der Waals surface area contributed by atoms with Crippen LogP contribution in [0.25, 0.3) is 0 Å². The van der Waals surface area contributed by atoms with Crippen molar-refractivity contribution in [1.29, 1.82) is 0 Å². The van der Waals surface area contributed by atoms with Crippen LogP contribution in [0.5, 0.6) is 0 Å². The molecule has 108 valence electrons. The van der Waals surface area contributed by atoms with E-state index in [9.17, 15) is 4.79 Å². The molecule has 4 atom stereocenters. The van der Waals surface area contributed by atoms with Crippen LogP contribution in [0.15, 0.2) is 0 Å². The van der Waals surface area contributed by atoms with E-state index < -0.39 is 0 Å². The summed E-state index contributed by atoms with van der Waals surface area (Å²) in [6.45, 7) is 1.01. The third-order valence-electron chi connectivity index (χ3n) is 5.59. The number of amides is 1. The summed E-state index contributed by atoms with van der Waals surface area (Å²) in [6.07, 6.45) is 12.1. The van der Waals surface area contributed by atoms with Gasteiger partial charge in [0.15, 0.2) is 0 Å². The van der Waals surface area contributed by atoms with Gasteiger partial charge >= 0.3 is 0 Å². The van der Waals surface area contributed by atoms with Crippen LogP contribution in [0.1, 0.15) is 64.2 Å². The van der Waals surface area contributed by atoms with E-state index in [1.165, 1.54) is 38.5 Å². The number of likely N-dealkylation sites (tertiary alicyclic amines) is 1. The molecule has 0 radical (unpaired) electrons. The van der Waals surface area contributed by atoms with E-state index in [1.54, 1.807) is 0 Å². The molecule has 0 aromatic rings. The van der Waals surface area contributed by atoms with Gasteiger partial charge in [0, 0.05) is 24.5 Å². The summed E-state index contributed by atoms with van der Waals surface area (Å²) in [5, 5.41) is 0. The monoisotopic (exact) mass is 264 g/mol. The van der Waals surface area contributed by atoms with Crippen LogP contribution in [-0.4, -0.2) is 29.4 Å². The fourth-order valence-electron chi connectivity index (χ4n) is 4.58. The lowest BCUT2D eigenvalue weighted by Crippen LogP contribution is -2.52. The van der Waals surface area contributed by atoms with Gasteiger partial charge in [-0.1, -0.05) is 19.3 Å². The number of piperidine rings is 1. The van der Waals surface area contributed by atoms with Crippen molar-refractivity contribution in [1.82, 2.24) is 4.90 Å². The van der Waals surface area contributed by atoms with E-state index in [2.05, 4.69) is 4.90 Å². The van der Waals surface area contributed by atoms with Gasteiger partial charge in [0.1, 0.15) is 0 Å². The van der Waals surface area contributed by atoms with E-state index >= 15 is 0 Å². The number of nitrogens with two attached hydrogens (primary N) is 1. The predicted octanol–water partition coefficient (Wildman–Crippen LogP) is 2.69. The maximum absolute atomic E-state index is 12.8. The van der Waals surface area contributed by atoms with Crippen molar-refractivity contribution in [2.45, 2.75) is 76.3 Å². The third-order valence-corrected chi connectivity index (χ3v) is 5.59. The zero-order valence-corrected chi connectivity index (χ0v) is 12.0. The Bertz CT molecular complexity index is 329. The highest BCUT2D eigenvalue weighted by molar-refractivity contribution is 5.79. The molecule has 3 nitrogen and oxygen atoms in total. The molecule has 1 heterocycles. The minimum absolute atomic E-state index is 0.226. The van der Waals surface area contributed by atoms with Gasteiger partial charge in [-0.2, -0.15) is 0 Å². The first-order chi connectivity index (χ1) is 9.25. The van der Waals surface area contributed by atoms with Gasteiger partial charge in [-0.15, -0.1) is 0 Å². The molecule has 2 N–H and O–H groups in total. The number of rotatable bonds is 1. The second-order valence-corrected chi connectivity index (χ2v) is 6.91.